The fourth-order valence-corrected chi connectivity index (χ4v) is 3.86. The van der Waals surface area contributed by atoms with Gasteiger partial charge in [0.05, 0.1) is 12.8 Å². The molecule has 0 amide bonds. The van der Waals surface area contributed by atoms with E-state index in [-0.39, 0.29) is 0 Å². The molecule has 1 aromatic heterocycles. The molecule has 3 nitrogen and oxygen atoms in total. The highest BCUT2D eigenvalue weighted by Crippen LogP contribution is 2.31. The van der Waals surface area contributed by atoms with E-state index in [1.54, 1.807) is 7.11 Å². The first kappa shape index (κ1) is 21.4. The molecule has 2 aromatic carbocycles. The highest BCUT2D eigenvalue weighted by Gasteiger charge is 2.14. The highest BCUT2D eigenvalue weighted by molar-refractivity contribution is 6.30. The van der Waals surface area contributed by atoms with Crippen LogP contribution in [0.3, 0.4) is 0 Å². The lowest BCUT2D eigenvalue weighted by Gasteiger charge is -2.19. The summed E-state index contributed by atoms with van der Waals surface area (Å²) >= 11 is 5.99. The molecule has 0 N–H and O–H groups in total. The predicted molar refractivity (Wildman–Crippen MR) is 122 cm³/mol. The van der Waals surface area contributed by atoms with Gasteiger partial charge in [0.15, 0.2) is 0 Å². The third-order valence-electron chi connectivity index (χ3n) is 5.22. The molecule has 4 heteroatoms. The molecule has 0 fully saturated rings. The molecular formula is C25H29ClN2O. The molecule has 0 spiro atoms. The second-order valence-corrected chi connectivity index (χ2v) is 7.77. The minimum absolute atomic E-state index is 0.759. The van der Waals surface area contributed by atoms with Gasteiger partial charge >= 0.3 is 0 Å². The topological polar surface area (TPSA) is 25.4 Å². The largest absolute Gasteiger partial charge is 0.496 e. The zero-order chi connectivity index (χ0) is 20.8. The molecular weight excluding hydrogens is 380 g/mol. The van der Waals surface area contributed by atoms with Gasteiger partial charge in [0.2, 0.25) is 0 Å². The Bertz CT molecular complexity index is 931. The van der Waals surface area contributed by atoms with Gasteiger partial charge in [-0.15, -0.1) is 0 Å². The lowest BCUT2D eigenvalue weighted by molar-refractivity contribution is 0.309. The Labute approximate surface area is 179 Å². The second-order valence-electron chi connectivity index (χ2n) is 7.34. The molecule has 1 heterocycles. The SMILES string of the molecule is CCc1cccc(CC)c1-c1cc(OC)c(CN(C)Cc2ccc(Cl)cc2)cn1. The number of halogens is 1. The van der Waals surface area contributed by atoms with E-state index in [2.05, 4.69) is 62.2 Å². The van der Waals surface area contributed by atoms with E-state index in [0.717, 1.165) is 48.0 Å². The summed E-state index contributed by atoms with van der Waals surface area (Å²) < 4.78 is 5.74. The van der Waals surface area contributed by atoms with Crippen LogP contribution in [0.25, 0.3) is 11.3 Å². The van der Waals surface area contributed by atoms with Crippen molar-refractivity contribution in [2.24, 2.45) is 0 Å². The molecule has 0 saturated heterocycles. The number of aromatic nitrogens is 1. The van der Waals surface area contributed by atoms with Crippen LogP contribution in [0.15, 0.2) is 54.7 Å². The van der Waals surface area contributed by atoms with E-state index in [1.807, 2.05) is 18.3 Å². The van der Waals surface area contributed by atoms with Gasteiger partial charge in [-0.25, -0.2) is 0 Å². The second kappa shape index (κ2) is 9.91. The Morgan fingerprint density at radius 1 is 0.931 bits per heavy atom. The summed E-state index contributed by atoms with van der Waals surface area (Å²) in [5.41, 5.74) is 7.19. The molecule has 0 saturated carbocycles. The molecule has 3 aromatic rings. The van der Waals surface area contributed by atoms with Crippen LogP contribution in [-0.2, 0) is 25.9 Å². The average molecular weight is 409 g/mol. The molecule has 0 unspecified atom stereocenters. The molecule has 3 rings (SSSR count). The van der Waals surface area contributed by atoms with Gasteiger partial charge < -0.3 is 4.74 Å². The Balaban J connectivity index is 1.85. The Morgan fingerprint density at radius 2 is 1.59 bits per heavy atom. The average Bonchev–Trinajstić information content (AvgIpc) is 2.75. The minimum atomic E-state index is 0.759. The summed E-state index contributed by atoms with van der Waals surface area (Å²) in [6.07, 6.45) is 3.93. The number of hydrogen-bond acceptors (Lipinski definition) is 3. The zero-order valence-corrected chi connectivity index (χ0v) is 18.5. The van der Waals surface area contributed by atoms with Crippen LogP contribution in [0.1, 0.15) is 36.1 Å². The van der Waals surface area contributed by atoms with E-state index >= 15 is 0 Å². The molecule has 152 valence electrons. The first-order valence-corrected chi connectivity index (χ1v) is 10.5. The van der Waals surface area contributed by atoms with Crippen molar-refractivity contribution >= 4 is 11.6 Å². The molecule has 0 radical (unpaired) electrons. The number of nitrogens with zero attached hydrogens (tertiary/aromatic N) is 2. The number of methoxy groups -OCH3 is 1. The standard InChI is InChI=1S/C25H29ClN2O/c1-5-19-8-7-9-20(6-2)25(19)23-14-24(29-4)21(15-27-23)17-28(3)16-18-10-12-22(26)13-11-18/h7-15H,5-6,16-17H2,1-4H3. The van der Waals surface area contributed by atoms with Crippen molar-refractivity contribution in [3.05, 3.63) is 82.0 Å². The zero-order valence-electron chi connectivity index (χ0n) is 17.7. The number of aryl methyl sites for hydroxylation is 2. The van der Waals surface area contributed by atoms with E-state index in [1.165, 1.54) is 22.3 Å². The van der Waals surface area contributed by atoms with Crippen LogP contribution in [0.5, 0.6) is 5.75 Å². The van der Waals surface area contributed by atoms with Crippen LogP contribution >= 0.6 is 11.6 Å². The van der Waals surface area contributed by atoms with Crippen molar-refractivity contribution in [2.75, 3.05) is 14.2 Å². The van der Waals surface area contributed by atoms with Crippen LogP contribution in [0, 0.1) is 0 Å². The fraction of sp³-hybridized carbons (Fsp3) is 0.320. The fourth-order valence-electron chi connectivity index (χ4n) is 3.73. The number of ether oxygens (including phenoxy) is 1. The minimum Gasteiger partial charge on any atom is -0.496 e. The Morgan fingerprint density at radius 3 is 2.17 bits per heavy atom. The van der Waals surface area contributed by atoms with Crippen molar-refractivity contribution in [3.8, 4) is 17.0 Å². The maximum atomic E-state index is 5.99. The van der Waals surface area contributed by atoms with E-state index < -0.39 is 0 Å². The monoisotopic (exact) mass is 408 g/mol. The maximum Gasteiger partial charge on any atom is 0.127 e. The third-order valence-corrected chi connectivity index (χ3v) is 5.48. The highest BCUT2D eigenvalue weighted by atomic mass is 35.5. The summed E-state index contributed by atoms with van der Waals surface area (Å²) in [7, 11) is 3.83. The van der Waals surface area contributed by atoms with Crippen LogP contribution in [0.2, 0.25) is 5.02 Å². The van der Waals surface area contributed by atoms with Crippen molar-refractivity contribution in [3.63, 3.8) is 0 Å². The van der Waals surface area contributed by atoms with Gasteiger partial charge in [-0.3, -0.25) is 9.88 Å². The van der Waals surface area contributed by atoms with Crippen molar-refractivity contribution in [2.45, 2.75) is 39.8 Å². The summed E-state index contributed by atoms with van der Waals surface area (Å²) in [4.78, 5) is 7.07. The number of hydrogen-bond donors (Lipinski definition) is 0. The lowest BCUT2D eigenvalue weighted by Crippen LogP contribution is -2.18. The first-order chi connectivity index (χ1) is 14.0. The summed E-state index contributed by atoms with van der Waals surface area (Å²) in [6, 6.07) is 16.6. The molecule has 0 aliphatic heterocycles. The van der Waals surface area contributed by atoms with Crippen molar-refractivity contribution in [1.29, 1.82) is 0 Å². The van der Waals surface area contributed by atoms with Gasteiger partial charge in [0, 0.05) is 41.5 Å². The van der Waals surface area contributed by atoms with Crippen LogP contribution in [0.4, 0.5) is 0 Å². The van der Waals surface area contributed by atoms with Gasteiger partial charge in [-0.2, -0.15) is 0 Å². The molecule has 29 heavy (non-hydrogen) atoms. The number of rotatable bonds is 8. The van der Waals surface area contributed by atoms with E-state index in [9.17, 15) is 0 Å². The van der Waals surface area contributed by atoms with Gasteiger partial charge in [-0.05, 0) is 48.7 Å². The van der Waals surface area contributed by atoms with Gasteiger partial charge in [0.1, 0.15) is 5.75 Å². The smallest absolute Gasteiger partial charge is 0.127 e. The lowest BCUT2D eigenvalue weighted by atomic mass is 9.94. The van der Waals surface area contributed by atoms with E-state index in [4.69, 9.17) is 21.3 Å². The Hall–Kier alpha value is -2.36. The molecule has 0 bridgehead atoms. The van der Waals surface area contributed by atoms with Crippen molar-refractivity contribution in [1.82, 2.24) is 9.88 Å². The Kier molecular flexibility index (Phi) is 7.29. The number of benzene rings is 2. The molecule has 0 atom stereocenters. The van der Waals surface area contributed by atoms with Crippen LogP contribution in [-0.4, -0.2) is 24.0 Å². The number of pyridine rings is 1. The summed E-state index contributed by atoms with van der Waals surface area (Å²) in [5.74, 6) is 0.880. The quantitative estimate of drug-likeness (QED) is 0.445. The summed E-state index contributed by atoms with van der Waals surface area (Å²) in [6.45, 7) is 5.97. The van der Waals surface area contributed by atoms with Crippen LogP contribution < -0.4 is 4.74 Å². The van der Waals surface area contributed by atoms with Gasteiger partial charge in [-0.1, -0.05) is 55.8 Å². The summed E-state index contributed by atoms with van der Waals surface area (Å²) in [5, 5.41) is 0.761. The predicted octanol–water partition coefficient (Wildman–Crippen LogP) is 6.17. The van der Waals surface area contributed by atoms with E-state index in [0.29, 0.717) is 0 Å². The third kappa shape index (κ3) is 5.17. The molecule has 0 aliphatic rings. The van der Waals surface area contributed by atoms with Gasteiger partial charge in [0.25, 0.3) is 0 Å². The first-order valence-electron chi connectivity index (χ1n) is 10.1. The maximum absolute atomic E-state index is 5.99. The normalized spacial score (nSPS) is 11.1. The molecule has 0 aliphatic carbocycles. The van der Waals surface area contributed by atoms with Crippen molar-refractivity contribution < 1.29 is 4.74 Å².